The van der Waals surface area contributed by atoms with E-state index in [0.29, 0.717) is 36.4 Å². The molecule has 4 rings (SSSR count). The third-order valence-electron chi connectivity index (χ3n) is 5.97. The molecule has 172 valence electrons. The molecule has 0 radical (unpaired) electrons. The van der Waals surface area contributed by atoms with E-state index in [1.165, 1.54) is 13.2 Å². The summed E-state index contributed by atoms with van der Waals surface area (Å²) in [6.45, 7) is 2.54. The van der Waals surface area contributed by atoms with E-state index < -0.39 is 17.6 Å². The second kappa shape index (κ2) is 9.58. The predicted molar refractivity (Wildman–Crippen MR) is 120 cm³/mol. The first-order valence-corrected chi connectivity index (χ1v) is 10.7. The Hall–Kier alpha value is -3.45. The number of hydrogen-bond acceptors (Lipinski definition) is 4. The number of aryl methyl sites for hydroxylation is 1. The van der Waals surface area contributed by atoms with Gasteiger partial charge in [-0.3, -0.25) is 0 Å². The Kier molecular flexibility index (Phi) is 6.60. The zero-order chi connectivity index (χ0) is 23.5. The van der Waals surface area contributed by atoms with Gasteiger partial charge in [-0.1, -0.05) is 36.4 Å². The van der Waals surface area contributed by atoms with Gasteiger partial charge in [0.25, 0.3) is 0 Å². The number of nitrogens with one attached hydrogen (secondary N) is 1. The van der Waals surface area contributed by atoms with Gasteiger partial charge in [0.2, 0.25) is 0 Å². The van der Waals surface area contributed by atoms with E-state index in [1.807, 2.05) is 24.3 Å². The molecule has 0 saturated carbocycles. The van der Waals surface area contributed by atoms with Gasteiger partial charge in [-0.25, -0.2) is 13.6 Å². The Morgan fingerprint density at radius 1 is 1.15 bits per heavy atom. The van der Waals surface area contributed by atoms with Crippen molar-refractivity contribution >= 4 is 5.97 Å². The zero-order valence-electron chi connectivity index (χ0n) is 18.4. The lowest BCUT2D eigenvalue weighted by Gasteiger charge is -2.33. The van der Waals surface area contributed by atoms with Crippen LogP contribution in [0.15, 0.2) is 54.6 Å². The smallest absolute Gasteiger partial charge is 0.338 e. The highest BCUT2D eigenvalue weighted by Crippen LogP contribution is 2.41. The lowest BCUT2D eigenvalue weighted by atomic mass is 9.82. The molecule has 1 heterocycles. The lowest BCUT2D eigenvalue weighted by molar-refractivity contribution is 0.0690. The molecule has 3 aromatic carbocycles. The number of benzene rings is 3. The normalized spacial score (nSPS) is 17.2. The molecule has 5 nitrogen and oxygen atoms in total. The van der Waals surface area contributed by atoms with Crippen LogP contribution in [0.2, 0.25) is 0 Å². The van der Waals surface area contributed by atoms with Crippen LogP contribution in [-0.4, -0.2) is 30.8 Å². The Bertz CT molecular complexity index is 1180. The van der Waals surface area contributed by atoms with Crippen molar-refractivity contribution in [2.24, 2.45) is 0 Å². The number of fused-ring (bicyclic) bond motifs is 1. The van der Waals surface area contributed by atoms with Gasteiger partial charge < -0.3 is 19.9 Å². The highest BCUT2D eigenvalue weighted by Gasteiger charge is 2.32. The standard InChI is InChI=1S/C26H25F2NO4/c1-15-7-9-19(25(28)24(15)26(30)31)20-12-17(33-22-6-4-3-5-18(20)22)14-29-13-16-8-10-21(27)23(11-16)32-2/h3-11,17,20,29H,12-14H2,1-2H3,(H,30,31). The van der Waals surface area contributed by atoms with Crippen LogP contribution in [0.3, 0.4) is 0 Å². The van der Waals surface area contributed by atoms with Crippen LogP contribution in [0.1, 0.15) is 45.0 Å². The van der Waals surface area contributed by atoms with Crippen LogP contribution in [-0.2, 0) is 6.54 Å². The van der Waals surface area contributed by atoms with Crippen LogP contribution in [0.4, 0.5) is 8.78 Å². The number of hydrogen-bond donors (Lipinski definition) is 2. The minimum Gasteiger partial charge on any atom is -0.494 e. The van der Waals surface area contributed by atoms with E-state index in [9.17, 15) is 14.3 Å². The molecular weight excluding hydrogens is 428 g/mol. The number of halogens is 2. The number of rotatable bonds is 7. The number of carbonyl (C=O) groups is 1. The first-order valence-electron chi connectivity index (χ1n) is 10.7. The van der Waals surface area contributed by atoms with Crippen molar-refractivity contribution in [1.29, 1.82) is 0 Å². The summed E-state index contributed by atoms with van der Waals surface area (Å²) in [4.78, 5) is 11.6. The minimum absolute atomic E-state index is 0.182. The van der Waals surface area contributed by atoms with Gasteiger partial charge in [0, 0.05) is 24.6 Å². The minimum atomic E-state index is -1.28. The number of para-hydroxylation sites is 1. The van der Waals surface area contributed by atoms with Crippen molar-refractivity contribution in [2.45, 2.75) is 31.9 Å². The van der Waals surface area contributed by atoms with E-state index in [4.69, 9.17) is 9.47 Å². The molecule has 7 heteroatoms. The van der Waals surface area contributed by atoms with Crippen molar-refractivity contribution in [3.63, 3.8) is 0 Å². The molecule has 0 bridgehead atoms. The molecule has 3 aromatic rings. The number of carboxylic acids is 1. The molecule has 0 aliphatic carbocycles. The van der Waals surface area contributed by atoms with Crippen molar-refractivity contribution in [2.75, 3.05) is 13.7 Å². The molecule has 0 spiro atoms. The zero-order valence-corrected chi connectivity index (χ0v) is 18.4. The van der Waals surface area contributed by atoms with Crippen LogP contribution in [0.25, 0.3) is 0 Å². The average Bonchev–Trinajstić information content (AvgIpc) is 2.79. The molecule has 2 N–H and O–H groups in total. The highest BCUT2D eigenvalue weighted by atomic mass is 19.1. The highest BCUT2D eigenvalue weighted by molar-refractivity contribution is 5.90. The fourth-order valence-electron chi connectivity index (χ4n) is 4.32. The molecule has 0 amide bonds. The third kappa shape index (κ3) is 4.68. The summed E-state index contributed by atoms with van der Waals surface area (Å²) in [5.41, 5.74) is 2.13. The van der Waals surface area contributed by atoms with Crippen LogP contribution < -0.4 is 14.8 Å². The molecule has 0 aromatic heterocycles. The molecule has 33 heavy (non-hydrogen) atoms. The first-order chi connectivity index (χ1) is 15.9. The Morgan fingerprint density at radius 2 is 1.94 bits per heavy atom. The number of carboxylic acid groups (broad SMARTS) is 1. The Balaban J connectivity index is 1.55. The summed E-state index contributed by atoms with van der Waals surface area (Å²) in [5, 5.41) is 12.8. The van der Waals surface area contributed by atoms with Crippen molar-refractivity contribution < 1.29 is 28.2 Å². The topological polar surface area (TPSA) is 67.8 Å². The summed E-state index contributed by atoms with van der Waals surface area (Å²) in [6.07, 6.45) is 0.219. The summed E-state index contributed by atoms with van der Waals surface area (Å²) >= 11 is 0. The van der Waals surface area contributed by atoms with Gasteiger partial charge >= 0.3 is 5.97 Å². The first kappa shape index (κ1) is 22.7. The van der Waals surface area contributed by atoms with Crippen LogP contribution in [0.5, 0.6) is 11.5 Å². The van der Waals surface area contributed by atoms with Gasteiger partial charge in [-0.15, -0.1) is 0 Å². The lowest BCUT2D eigenvalue weighted by Crippen LogP contribution is -2.36. The Morgan fingerprint density at radius 3 is 2.70 bits per heavy atom. The molecule has 0 fully saturated rings. The third-order valence-corrected chi connectivity index (χ3v) is 5.97. The van der Waals surface area contributed by atoms with Gasteiger partial charge in [0.1, 0.15) is 17.7 Å². The van der Waals surface area contributed by atoms with Gasteiger partial charge in [0.15, 0.2) is 11.6 Å². The van der Waals surface area contributed by atoms with Crippen LogP contribution >= 0.6 is 0 Å². The summed E-state index contributed by atoms with van der Waals surface area (Å²) in [7, 11) is 1.42. The van der Waals surface area contributed by atoms with E-state index in [1.54, 1.807) is 31.2 Å². The van der Waals surface area contributed by atoms with Crippen molar-refractivity contribution in [1.82, 2.24) is 5.32 Å². The monoisotopic (exact) mass is 453 g/mol. The molecule has 1 aliphatic rings. The average molecular weight is 453 g/mol. The molecule has 1 aliphatic heterocycles. The SMILES string of the molecule is COc1cc(CNCC2CC(c3ccc(C)c(C(=O)O)c3F)c3ccccc3O2)ccc1F. The second-order valence-electron chi connectivity index (χ2n) is 8.13. The quantitative estimate of drug-likeness (QED) is 0.524. The van der Waals surface area contributed by atoms with Gasteiger partial charge in [0.05, 0.1) is 12.7 Å². The molecule has 2 unspecified atom stereocenters. The van der Waals surface area contributed by atoms with Gasteiger partial charge in [-0.2, -0.15) is 0 Å². The number of ether oxygens (including phenoxy) is 2. The number of methoxy groups -OCH3 is 1. The molecule has 2 atom stereocenters. The predicted octanol–water partition coefficient (Wildman–Crippen LogP) is 5.05. The van der Waals surface area contributed by atoms with Crippen molar-refractivity contribution in [3.8, 4) is 11.5 Å². The maximum absolute atomic E-state index is 15.3. The largest absolute Gasteiger partial charge is 0.494 e. The maximum atomic E-state index is 15.3. The molecular formula is C26H25F2NO4. The summed E-state index contributed by atoms with van der Waals surface area (Å²) in [5.74, 6) is -1.90. The van der Waals surface area contributed by atoms with Crippen LogP contribution in [0, 0.1) is 18.6 Å². The summed E-state index contributed by atoms with van der Waals surface area (Å²) < 4.78 is 40.1. The Labute approximate surface area is 191 Å². The summed E-state index contributed by atoms with van der Waals surface area (Å²) in [6, 6.07) is 15.4. The number of aromatic carboxylic acids is 1. The van der Waals surface area contributed by atoms with Gasteiger partial charge in [-0.05, 0) is 48.2 Å². The molecule has 0 saturated heterocycles. The fourth-order valence-corrected chi connectivity index (χ4v) is 4.32. The van der Waals surface area contributed by atoms with E-state index in [0.717, 1.165) is 11.1 Å². The maximum Gasteiger partial charge on any atom is 0.338 e. The fraction of sp³-hybridized carbons (Fsp3) is 0.269. The van der Waals surface area contributed by atoms with E-state index >= 15 is 4.39 Å². The second-order valence-corrected chi connectivity index (χ2v) is 8.13. The van der Waals surface area contributed by atoms with Crippen molar-refractivity contribution in [3.05, 3.63) is 94.0 Å². The van der Waals surface area contributed by atoms with E-state index in [2.05, 4.69) is 5.32 Å². The van der Waals surface area contributed by atoms with E-state index in [-0.39, 0.29) is 23.3 Å².